The Bertz CT molecular complexity index is 724. The molecule has 0 unspecified atom stereocenters. The zero-order valence-electron chi connectivity index (χ0n) is 13.7. The molecule has 1 N–H and O–H groups in total. The first kappa shape index (κ1) is 16.8. The van der Waals surface area contributed by atoms with E-state index in [1.54, 1.807) is 6.20 Å². The highest BCUT2D eigenvalue weighted by atomic mass is 35.5. The van der Waals surface area contributed by atoms with Crippen molar-refractivity contribution in [3.8, 4) is 5.75 Å². The van der Waals surface area contributed by atoms with Gasteiger partial charge in [0.2, 0.25) is 0 Å². The lowest BCUT2D eigenvalue weighted by atomic mass is 10.2. The Labute approximate surface area is 146 Å². The summed E-state index contributed by atoms with van der Waals surface area (Å²) >= 11 is 6.08. The van der Waals surface area contributed by atoms with E-state index in [4.69, 9.17) is 16.3 Å². The second-order valence-electron chi connectivity index (χ2n) is 5.74. The molecule has 24 heavy (non-hydrogen) atoms. The van der Waals surface area contributed by atoms with Crippen molar-refractivity contribution < 1.29 is 4.74 Å². The molecule has 1 aromatic carbocycles. The van der Waals surface area contributed by atoms with Gasteiger partial charge < -0.3 is 9.64 Å². The van der Waals surface area contributed by atoms with Crippen molar-refractivity contribution in [3.63, 3.8) is 0 Å². The molecule has 128 valence electrons. The fourth-order valence-electron chi connectivity index (χ4n) is 2.86. The van der Waals surface area contributed by atoms with Crippen LogP contribution in [0.25, 0.3) is 0 Å². The number of benzene rings is 1. The van der Waals surface area contributed by atoms with Crippen LogP contribution in [0.1, 0.15) is 12.5 Å². The zero-order valence-corrected chi connectivity index (χ0v) is 14.4. The monoisotopic (exact) mass is 348 g/mol. The minimum absolute atomic E-state index is 0.213. The highest BCUT2D eigenvalue weighted by Crippen LogP contribution is 2.22. The molecule has 3 rings (SSSR count). The number of hydrogen-bond donors (Lipinski definition) is 1. The van der Waals surface area contributed by atoms with Gasteiger partial charge in [0.1, 0.15) is 10.8 Å². The number of halogens is 1. The van der Waals surface area contributed by atoms with Crippen LogP contribution in [0.4, 0.5) is 5.69 Å². The van der Waals surface area contributed by atoms with Crippen LogP contribution < -0.4 is 15.2 Å². The smallest absolute Gasteiger partial charge is 0.285 e. The van der Waals surface area contributed by atoms with E-state index in [1.165, 1.54) is 5.56 Å². The summed E-state index contributed by atoms with van der Waals surface area (Å²) < 4.78 is 5.47. The Morgan fingerprint density at radius 1 is 1.21 bits per heavy atom. The molecule has 1 fully saturated rings. The maximum absolute atomic E-state index is 11.6. The minimum atomic E-state index is -0.342. The third kappa shape index (κ3) is 3.88. The maximum Gasteiger partial charge on any atom is 0.285 e. The van der Waals surface area contributed by atoms with Crippen molar-refractivity contribution in [2.75, 3.05) is 37.7 Å². The molecule has 2 heterocycles. The molecule has 0 spiro atoms. The summed E-state index contributed by atoms with van der Waals surface area (Å²) in [7, 11) is 0. The second-order valence-corrected chi connectivity index (χ2v) is 6.12. The van der Waals surface area contributed by atoms with E-state index < -0.39 is 0 Å². The number of anilines is 1. The molecule has 0 saturated carbocycles. The number of H-pyrrole nitrogens is 1. The van der Waals surface area contributed by atoms with Crippen LogP contribution in [-0.4, -0.2) is 47.9 Å². The number of hydrogen-bond acceptors (Lipinski definition) is 5. The minimum Gasteiger partial charge on any atom is -0.494 e. The molecule has 1 aliphatic heterocycles. The Hall–Kier alpha value is -2.05. The number of rotatable bonds is 5. The van der Waals surface area contributed by atoms with Crippen LogP contribution in [0.2, 0.25) is 5.02 Å². The normalized spacial score (nSPS) is 15.5. The summed E-state index contributed by atoms with van der Waals surface area (Å²) in [4.78, 5) is 16.1. The SMILES string of the molecule is CCOc1ccc(CN2CCN(c3cn[nH]c(=O)c3Cl)CC2)cc1. The number of ether oxygens (including phenoxy) is 1. The summed E-state index contributed by atoms with van der Waals surface area (Å²) in [5, 5.41) is 6.40. The summed E-state index contributed by atoms with van der Waals surface area (Å²) in [5.41, 5.74) is 1.63. The Morgan fingerprint density at radius 2 is 1.92 bits per heavy atom. The molecule has 0 radical (unpaired) electrons. The van der Waals surface area contributed by atoms with Crippen LogP contribution >= 0.6 is 11.6 Å². The lowest BCUT2D eigenvalue weighted by molar-refractivity contribution is 0.249. The molecule has 6 nitrogen and oxygen atoms in total. The van der Waals surface area contributed by atoms with Gasteiger partial charge in [-0.05, 0) is 24.6 Å². The Balaban J connectivity index is 1.57. The molecule has 7 heteroatoms. The second kappa shape index (κ2) is 7.68. The van der Waals surface area contributed by atoms with Gasteiger partial charge in [0.15, 0.2) is 0 Å². The third-order valence-corrected chi connectivity index (χ3v) is 4.50. The Kier molecular flexibility index (Phi) is 5.37. The summed E-state index contributed by atoms with van der Waals surface area (Å²) in [6.07, 6.45) is 1.62. The van der Waals surface area contributed by atoms with Crippen molar-refractivity contribution >= 4 is 17.3 Å². The molecular formula is C17H21ClN4O2. The summed E-state index contributed by atoms with van der Waals surface area (Å²) in [6, 6.07) is 8.23. The molecule has 0 bridgehead atoms. The largest absolute Gasteiger partial charge is 0.494 e. The van der Waals surface area contributed by atoms with Gasteiger partial charge in [0.25, 0.3) is 5.56 Å². The zero-order chi connectivity index (χ0) is 16.9. The first-order chi connectivity index (χ1) is 11.7. The fourth-order valence-corrected chi connectivity index (χ4v) is 3.07. The van der Waals surface area contributed by atoms with Crippen molar-refractivity contribution in [1.29, 1.82) is 0 Å². The van der Waals surface area contributed by atoms with Crippen LogP contribution in [0.5, 0.6) is 5.75 Å². The van der Waals surface area contributed by atoms with Crippen LogP contribution in [0.3, 0.4) is 0 Å². The van der Waals surface area contributed by atoms with E-state index in [1.807, 2.05) is 19.1 Å². The van der Waals surface area contributed by atoms with E-state index in [9.17, 15) is 4.79 Å². The highest BCUT2D eigenvalue weighted by molar-refractivity contribution is 6.32. The van der Waals surface area contributed by atoms with E-state index in [-0.39, 0.29) is 10.6 Å². The molecule has 0 amide bonds. The Morgan fingerprint density at radius 3 is 2.58 bits per heavy atom. The van der Waals surface area contributed by atoms with Gasteiger partial charge in [-0.2, -0.15) is 5.10 Å². The van der Waals surface area contributed by atoms with Gasteiger partial charge in [-0.15, -0.1) is 0 Å². The number of aromatic amines is 1. The number of piperazine rings is 1. The maximum atomic E-state index is 11.6. The van der Waals surface area contributed by atoms with Gasteiger partial charge in [-0.1, -0.05) is 23.7 Å². The summed E-state index contributed by atoms with van der Waals surface area (Å²) in [5.74, 6) is 0.905. The molecule has 0 aliphatic carbocycles. The van der Waals surface area contributed by atoms with Gasteiger partial charge in [-0.3, -0.25) is 9.69 Å². The molecule has 1 aromatic heterocycles. The highest BCUT2D eigenvalue weighted by Gasteiger charge is 2.20. The fraction of sp³-hybridized carbons (Fsp3) is 0.412. The lowest BCUT2D eigenvalue weighted by Gasteiger charge is -2.36. The lowest BCUT2D eigenvalue weighted by Crippen LogP contribution is -2.46. The predicted octanol–water partition coefficient (Wildman–Crippen LogP) is 2.14. The van der Waals surface area contributed by atoms with E-state index in [2.05, 4.69) is 32.1 Å². The number of nitrogens with one attached hydrogen (secondary N) is 1. The average Bonchev–Trinajstić information content (AvgIpc) is 2.60. The molecular weight excluding hydrogens is 328 g/mol. The predicted molar refractivity (Wildman–Crippen MR) is 95.0 cm³/mol. The van der Waals surface area contributed by atoms with Crippen molar-refractivity contribution in [2.45, 2.75) is 13.5 Å². The van der Waals surface area contributed by atoms with Crippen molar-refractivity contribution in [3.05, 3.63) is 51.4 Å². The van der Waals surface area contributed by atoms with Gasteiger partial charge in [0.05, 0.1) is 18.5 Å². The van der Waals surface area contributed by atoms with E-state index >= 15 is 0 Å². The van der Waals surface area contributed by atoms with Crippen LogP contribution in [-0.2, 0) is 6.54 Å². The number of nitrogens with zero attached hydrogens (tertiary/aromatic N) is 3. The van der Waals surface area contributed by atoms with Crippen LogP contribution in [0, 0.1) is 0 Å². The first-order valence-electron chi connectivity index (χ1n) is 8.09. The quantitative estimate of drug-likeness (QED) is 0.897. The molecule has 1 aliphatic rings. The molecule has 0 atom stereocenters. The molecule has 1 saturated heterocycles. The van der Waals surface area contributed by atoms with Crippen LogP contribution in [0.15, 0.2) is 35.3 Å². The first-order valence-corrected chi connectivity index (χ1v) is 8.47. The van der Waals surface area contributed by atoms with E-state index in [0.717, 1.165) is 38.5 Å². The van der Waals surface area contributed by atoms with Gasteiger partial charge >= 0.3 is 0 Å². The van der Waals surface area contributed by atoms with Crippen molar-refractivity contribution in [2.24, 2.45) is 0 Å². The number of aromatic nitrogens is 2. The standard InChI is InChI=1S/C17H21ClN4O2/c1-2-24-14-5-3-13(4-6-14)12-21-7-9-22(10-8-21)15-11-19-20-17(23)16(15)18/h3-6,11H,2,7-10,12H2,1H3,(H,20,23). The topological polar surface area (TPSA) is 61.5 Å². The molecule has 2 aromatic rings. The van der Waals surface area contributed by atoms with Gasteiger partial charge in [0, 0.05) is 32.7 Å². The summed E-state index contributed by atoms with van der Waals surface area (Å²) in [6.45, 7) is 7.04. The van der Waals surface area contributed by atoms with Gasteiger partial charge in [-0.25, -0.2) is 5.10 Å². The van der Waals surface area contributed by atoms with E-state index in [0.29, 0.717) is 12.3 Å². The average molecular weight is 349 g/mol. The third-order valence-electron chi connectivity index (χ3n) is 4.13. The van der Waals surface area contributed by atoms with Crippen molar-refractivity contribution in [1.82, 2.24) is 15.1 Å².